The van der Waals surface area contributed by atoms with E-state index in [0.29, 0.717) is 17.4 Å². The van der Waals surface area contributed by atoms with Crippen LogP contribution >= 0.6 is 0 Å². The standard InChI is InChI=1S/C22H16N8O/c23-12-18(29-15-24-14-25-29)13-31-22-19(16-7-3-1-4-8-16)11-20-26-27-21(30(20)28-22)17-9-5-2-6-10-17/h1-11,14-15,18H,13H2. The third-order valence-corrected chi connectivity index (χ3v) is 4.76. The third kappa shape index (κ3) is 3.58. The van der Waals surface area contributed by atoms with Gasteiger partial charge in [-0.2, -0.15) is 14.9 Å². The topological polar surface area (TPSA) is 107 Å². The van der Waals surface area contributed by atoms with Gasteiger partial charge in [0.2, 0.25) is 5.88 Å². The molecule has 0 saturated carbocycles. The monoisotopic (exact) mass is 408 g/mol. The molecule has 1 unspecified atom stereocenters. The first-order valence-corrected chi connectivity index (χ1v) is 9.57. The largest absolute Gasteiger partial charge is 0.473 e. The summed E-state index contributed by atoms with van der Waals surface area (Å²) in [6.07, 6.45) is 2.87. The first kappa shape index (κ1) is 18.4. The van der Waals surface area contributed by atoms with Crippen LogP contribution in [0.5, 0.6) is 5.88 Å². The number of benzene rings is 2. The number of nitriles is 1. The van der Waals surface area contributed by atoms with Crippen LogP contribution in [0, 0.1) is 11.3 Å². The molecule has 3 heterocycles. The molecule has 31 heavy (non-hydrogen) atoms. The molecular formula is C22H16N8O. The maximum Gasteiger partial charge on any atom is 0.240 e. The lowest BCUT2D eigenvalue weighted by atomic mass is 10.1. The SMILES string of the molecule is N#CC(COc1nn2c(-c3ccccc3)nnc2cc1-c1ccccc1)n1cncn1. The predicted octanol–water partition coefficient (Wildman–Crippen LogP) is 3.19. The summed E-state index contributed by atoms with van der Waals surface area (Å²) in [5, 5.41) is 26.9. The fourth-order valence-corrected chi connectivity index (χ4v) is 3.22. The molecule has 0 spiro atoms. The van der Waals surface area contributed by atoms with E-state index in [0.717, 1.165) is 16.7 Å². The molecule has 1 atom stereocenters. The van der Waals surface area contributed by atoms with E-state index in [1.165, 1.54) is 17.3 Å². The van der Waals surface area contributed by atoms with Crippen molar-refractivity contribution in [2.24, 2.45) is 0 Å². The van der Waals surface area contributed by atoms with Gasteiger partial charge in [0.05, 0.1) is 6.07 Å². The molecule has 9 nitrogen and oxygen atoms in total. The zero-order valence-electron chi connectivity index (χ0n) is 16.3. The van der Waals surface area contributed by atoms with Gasteiger partial charge in [-0.05, 0) is 11.6 Å². The molecular weight excluding hydrogens is 392 g/mol. The molecule has 9 heteroatoms. The molecule has 0 aliphatic carbocycles. The summed E-state index contributed by atoms with van der Waals surface area (Å²) in [5.41, 5.74) is 3.16. The highest BCUT2D eigenvalue weighted by Crippen LogP contribution is 2.30. The van der Waals surface area contributed by atoms with Crippen molar-refractivity contribution >= 4 is 5.65 Å². The van der Waals surface area contributed by atoms with E-state index in [1.807, 2.05) is 66.7 Å². The summed E-state index contributed by atoms with van der Waals surface area (Å²) in [5.74, 6) is 0.976. The molecule has 0 N–H and O–H groups in total. The number of fused-ring (bicyclic) bond motifs is 1. The van der Waals surface area contributed by atoms with Gasteiger partial charge >= 0.3 is 0 Å². The molecule has 0 aliphatic rings. The van der Waals surface area contributed by atoms with Crippen LogP contribution in [0.1, 0.15) is 6.04 Å². The fourth-order valence-electron chi connectivity index (χ4n) is 3.22. The normalized spacial score (nSPS) is 11.8. The zero-order valence-corrected chi connectivity index (χ0v) is 16.3. The predicted molar refractivity (Wildman–Crippen MR) is 112 cm³/mol. The van der Waals surface area contributed by atoms with E-state index in [9.17, 15) is 5.26 Å². The van der Waals surface area contributed by atoms with Crippen LogP contribution in [0.25, 0.3) is 28.2 Å². The van der Waals surface area contributed by atoms with Crippen molar-refractivity contribution in [3.63, 3.8) is 0 Å². The minimum atomic E-state index is -0.641. The first-order chi connectivity index (χ1) is 15.3. The molecule has 150 valence electrons. The molecule has 0 radical (unpaired) electrons. The van der Waals surface area contributed by atoms with Gasteiger partial charge in [-0.1, -0.05) is 60.7 Å². The Hall–Kier alpha value is -4.58. The van der Waals surface area contributed by atoms with Crippen LogP contribution in [0.15, 0.2) is 79.4 Å². The second-order valence-corrected chi connectivity index (χ2v) is 6.72. The summed E-state index contributed by atoms with van der Waals surface area (Å²) < 4.78 is 9.14. The second-order valence-electron chi connectivity index (χ2n) is 6.72. The van der Waals surface area contributed by atoms with Crippen LogP contribution in [0.4, 0.5) is 0 Å². The van der Waals surface area contributed by atoms with Crippen molar-refractivity contribution in [1.29, 1.82) is 5.26 Å². The minimum absolute atomic E-state index is 0.0565. The van der Waals surface area contributed by atoms with Crippen LogP contribution < -0.4 is 4.74 Å². The zero-order chi connectivity index (χ0) is 21.0. The highest BCUT2D eigenvalue weighted by atomic mass is 16.5. The Kier molecular flexibility index (Phi) is 4.79. The highest BCUT2D eigenvalue weighted by Gasteiger charge is 2.18. The minimum Gasteiger partial charge on any atom is -0.473 e. The van der Waals surface area contributed by atoms with Gasteiger partial charge in [0.1, 0.15) is 19.3 Å². The van der Waals surface area contributed by atoms with Gasteiger partial charge in [0.25, 0.3) is 0 Å². The molecule has 0 bridgehead atoms. The van der Waals surface area contributed by atoms with Crippen LogP contribution in [-0.4, -0.2) is 41.2 Å². The summed E-state index contributed by atoms with van der Waals surface area (Å²) in [6, 6.07) is 22.9. The van der Waals surface area contributed by atoms with Gasteiger partial charge in [0.15, 0.2) is 17.5 Å². The van der Waals surface area contributed by atoms with Gasteiger partial charge < -0.3 is 4.74 Å². The molecule has 0 amide bonds. The number of hydrogen-bond donors (Lipinski definition) is 0. The fraction of sp³-hybridized carbons (Fsp3) is 0.0909. The van der Waals surface area contributed by atoms with Crippen LogP contribution in [-0.2, 0) is 0 Å². The van der Waals surface area contributed by atoms with E-state index in [2.05, 4.69) is 26.3 Å². The highest BCUT2D eigenvalue weighted by molar-refractivity contribution is 5.72. The van der Waals surface area contributed by atoms with Crippen molar-refractivity contribution in [1.82, 2.24) is 34.6 Å². The van der Waals surface area contributed by atoms with Crippen molar-refractivity contribution in [3.05, 3.63) is 79.4 Å². The van der Waals surface area contributed by atoms with E-state index in [4.69, 9.17) is 9.84 Å². The van der Waals surface area contributed by atoms with E-state index in [-0.39, 0.29) is 6.61 Å². The Labute approximate surface area is 177 Å². The van der Waals surface area contributed by atoms with Gasteiger partial charge in [-0.3, -0.25) is 0 Å². The molecule has 0 fully saturated rings. The number of ether oxygens (including phenoxy) is 1. The molecule has 0 aliphatic heterocycles. The molecule has 0 saturated heterocycles. The number of rotatable bonds is 6. The van der Waals surface area contributed by atoms with E-state index >= 15 is 0 Å². The van der Waals surface area contributed by atoms with Gasteiger partial charge in [-0.15, -0.1) is 15.3 Å². The molecule has 3 aromatic heterocycles. The molecule has 2 aromatic carbocycles. The summed E-state index contributed by atoms with van der Waals surface area (Å²) in [7, 11) is 0. The number of hydrogen-bond acceptors (Lipinski definition) is 7. The summed E-state index contributed by atoms with van der Waals surface area (Å²) >= 11 is 0. The van der Waals surface area contributed by atoms with Crippen molar-refractivity contribution in [2.75, 3.05) is 6.61 Å². The average molecular weight is 408 g/mol. The van der Waals surface area contributed by atoms with Crippen molar-refractivity contribution < 1.29 is 4.74 Å². The molecule has 5 aromatic rings. The van der Waals surface area contributed by atoms with Crippen LogP contribution in [0.2, 0.25) is 0 Å². The molecule has 5 rings (SSSR count). The third-order valence-electron chi connectivity index (χ3n) is 4.76. The Morgan fingerprint density at radius 3 is 2.39 bits per heavy atom. The van der Waals surface area contributed by atoms with E-state index < -0.39 is 6.04 Å². The number of aromatic nitrogens is 7. The lowest BCUT2D eigenvalue weighted by molar-refractivity contribution is 0.259. The van der Waals surface area contributed by atoms with Crippen molar-refractivity contribution in [3.8, 4) is 34.5 Å². The Morgan fingerprint density at radius 1 is 0.968 bits per heavy atom. The number of nitrogens with zero attached hydrogens (tertiary/aromatic N) is 8. The van der Waals surface area contributed by atoms with Gasteiger partial charge in [0, 0.05) is 11.1 Å². The van der Waals surface area contributed by atoms with E-state index in [1.54, 1.807) is 4.52 Å². The maximum absolute atomic E-state index is 9.53. The van der Waals surface area contributed by atoms with Crippen molar-refractivity contribution in [2.45, 2.75) is 6.04 Å². The van der Waals surface area contributed by atoms with Gasteiger partial charge in [-0.25, -0.2) is 9.67 Å². The summed E-state index contributed by atoms with van der Waals surface area (Å²) in [4.78, 5) is 3.90. The first-order valence-electron chi connectivity index (χ1n) is 9.57. The maximum atomic E-state index is 9.53. The second kappa shape index (κ2) is 8.04. The lowest BCUT2D eigenvalue weighted by Crippen LogP contribution is -2.17. The summed E-state index contributed by atoms with van der Waals surface area (Å²) in [6.45, 7) is 0.0565. The smallest absolute Gasteiger partial charge is 0.240 e. The van der Waals surface area contributed by atoms with Crippen LogP contribution in [0.3, 0.4) is 0 Å². The quantitative estimate of drug-likeness (QED) is 0.425. The average Bonchev–Trinajstić information content (AvgIpc) is 3.50. The Balaban J connectivity index is 1.59. The lowest BCUT2D eigenvalue weighted by Gasteiger charge is -2.14. The Bertz CT molecular complexity index is 1340. The Morgan fingerprint density at radius 2 is 1.71 bits per heavy atom.